The molecule has 4 nitrogen and oxygen atoms in total. The topological polar surface area (TPSA) is 41.6 Å². The van der Waals surface area contributed by atoms with Crippen LogP contribution in [0.15, 0.2) is 67.3 Å². The Kier molecular flexibility index (Phi) is 7.83. The van der Waals surface area contributed by atoms with Crippen molar-refractivity contribution in [3.8, 4) is 5.75 Å². The van der Waals surface area contributed by atoms with Gasteiger partial charge in [-0.2, -0.15) is 0 Å². The van der Waals surface area contributed by atoms with Gasteiger partial charge < -0.3 is 15.0 Å². The molecule has 0 aliphatic carbocycles. The molecule has 27 heavy (non-hydrogen) atoms. The molecule has 0 fully saturated rings. The van der Waals surface area contributed by atoms with E-state index in [9.17, 15) is 4.79 Å². The highest BCUT2D eigenvalue weighted by atomic mass is 16.5. The summed E-state index contributed by atoms with van der Waals surface area (Å²) in [6.07, 6.45) is 3.38. The van der Waals surface area contributed by atoms with E-state index in [2.05, 4.69) is 43.1 Å². The molecule has 0 aliphatic rings. The summed E-state index contributed by atoms with van der Waals surface area (Å²) in [5, 5.41) is 3.21. The van der Waals surface area contributed by atoms with Crippen LogP contribution in [0.1, 0.15) is 16.7 Å². The molecule has 0 bridgehead atoms. The highest BCUT2D eigenvalue weighted by Gasteiger charge is 2.03. The molecule has 1 N–H and O–H groups in total. The fourth-order valence-corrected chi connectivity index (χ4v) is 2.41. The zero-order valence-electron chi connectivity index (χ0n) is 16.4. The van der Waals surface area contributed by atoms with E-state index in [1.54, 1.807) is 20.2 Å². The van der Waals surface area contributed by atoms with Crippen LogP contribution in [0.2, 0.25) is 0 Å². The summed E-state index contributed by atoms with van der Waals surface area (Å²) in [6.45, 7) is 8.18. The maximum Gasteiger partial charge on any atom is 0.245 e. The number of amides is 1. The predicted molar refractivity (Wildman–Crippen MR) is 112 cm³/mol. The molecule has 0 heterocycles. The predicted octanol–water partition coefficient (Wildman–Crippen LogP) is 3.67. The van der Waals surface area contributed by atoms with Crippen molar-refractivity contribution >= 4 is 11.5 Å². The van der Waals surface area contributed by atoms with E-state index in [1.807, 2.05) is 30.3 Å². The average Bonchev–Trinajstić information content (AvgIpc) is 2.67. The largest absolute Gasteiger partial charge is 0.492 e. The third kappa shape index (κ3) is 6.76. The summed E-state index contributed by atoms with van der Waals surface area (Å²) in [4.78, 5) is 12.9. The van der Waals surface area contributed by atoms with Crippen LogP contribution in [-0.4, -0.2) is 44.6 Å². The van der Waals surface area contributed by atoms with E-state index >= 15 is 0 Å². The fourth-order valence-electron chi connectivity index (χ4n) is 2.41. The second-order valence-electron chi connectivity index (χ2n) is 6.56. The zero-order chi connectivity index (χ0) is 19.6. The molecule has 2 aromatic rings. The molecule has 0 atom stereocenters. The third-order valence-corrected chi connectivity index (χ3v) is 4.11. The first kappa shape index (κ1) is 20.5. The number of benzene rings is 2. The van der Waals surface area contributed by atoms with Crippen molar-refractivity contribution in [3.63, 3.8) is 0 Å². The van der Waals surface area contributed by atoms with Crippen molar-refractivity contribution in [2.24, 2.45) is 0 Å². The second kappa shape index (κ2) is 10.3. The lowest BCUT2D eigenvalue weighted by molar-refractivity contribution is -0.123. The molecule has 0 aliphatic heterocycles. The van der Waals surface area contributed by atoms with Crippen molar-refractivity contribution < 1.29 is 9.53 Å². The number of carbonyl (C=O) groups excluding carboxylic acids is 1. The Morgan fingerprint density at radius 3 is 2.26 bits per heavy atom. The maximum atomic E-state index is 11.4. The smallest absolute Gasteiger partial charge is 0.245 e. The number of rotatable bonds is 9. The second-order valence-corrected chi connectivity index (χ2v) is 6.56. The van der Waals surface area contributed by atoms with E-state index in [4.69, 9.17) is 4.74 Å². The molecular formula is C23H28N2O2. The summed E-state index contributed by atoms with van der Waals surface area (Å²) >= 11 is 0. The van der Waals surface area contributed by atoms with Crippen molar-refractivity contribution in [3.05, 3.63) is 84.0 Å². The van der Waals surface area contributed by atoms with Gasteiger partial charge in [-0.15, -0.1) is 0 Å². The first-order valence-corrected chi connectivity index (χ1v) is 9.05. The van der Waals surface area contributed by atoms with Gasteiger partial charge in [-0.05, 0) is 35.8 Å². The van der Waals surface area contributed by atoms with Crippen LogP contribution < -0.4 is 10.1 Å². The Bertz CT molecular complexity index is 775. The minimum Gasteiger partial charge on any atom is -0.492 e. The number of ether oxygens (including phenoxy) is 1. The van der Waals surface area contributed by atoms with Gasteiger partial charge in [-0.1, -0.05) is 54.6 Å². The van der Waals surface area contributed by atoms with Gasteiger partial charge in [0, 0.05) is 33.3 Å². The van der Waals surface area contributed by atoms with Crippen LogP contribution in [0.4, 0.5) is 0 Å². The quantitative estimate of drug-likeness (QED) is 0.545. The van der Waals surface area contributed by atoms with Crippen molar-refractivity contribution in [1.82, 2.24) is 10.2 Å². The molecule has 4 heteroatoms. The van der Waals surface area contributed by atoms with Crippen molar-refractivity contribution in [2.45, 2.75) is 6.92 Å². The Labute approximate surface area is 162 Å². The van der Waals surface area contributed by atoms with Gasteiger partial charge in [-0.25, -0.2) is 0 Å². The van der Waals surface area contributed by atoms with Crippen LogP contribution in [-0.2, 0) is 4.79 Å². The zero-order valence-corrected chi connectivity index (χ0v) is 16.4. The number of likely N-dealkylation sites (N-methyl/N-ethyl adjacent to an activating group) is 1. The average molecular weight is 364 g/mol. The normalized spacial score (nSPS) is 10.8. The molecule has 142 valence electrons. The van der Waals surface area contributed by atoms with Gasteiger partial charge in [0.25, 0.3) is 0 Å². The minimum atomic E-state index is -0.0136. The number of nitrogens with zero attached hydrogens (tertiary/aromatic N) is 1. The summed E-state index contributed by atoms with van der Waals surface area (Å²) in [5.74, 6) is 0.816. The Morgan fingerprint density at radius 2 is 1.67 bits per heavy atom. The highest BCUT2D eigenvalue weighted by molar-refractivity contribution is 5.87. The van der Waals surface area contributed by atoms with Crippen molar-refractivity contribution in [1.29, 1.82) is 0 Å². The maximum absolute atomic E-state index is 11.4. The Hall–Kier alpha value is -2.85. The summed E-state index contributed by atoms with van der Waals surface area (Å²) in [6, 6.07) is 16.4. The molecule has 0 saturated heterocycles. The van der Waals surface area contributed by atoms with Gasteiger partial charge in [-0.3, -0.25) is 4.79 Å². The lowest BCUT2D eigenvalue weighted by Gasteiger charge is -2.10. The molecular weight excluding hydrogens is 336 g/mol. The van der Waals surface area contributed by atoms with Gasteiger partial charge in [0.15, 0.2) is 0 Å². The van der Waals surface area contributed by atoms with Crippen LogP contribution in [0.5, 0.6) is 5.75 Å². The van der Waals surface area contributed by atoms with Gasteiger partial charge >= 0.3 is 0 Å². The SMILES string of the molecule is C=C(c1ccc(C)cc1)c1ccc(OCCNC/C=C/C(=O)N(C)C)cc1. The number of nitrogens with one attached hydrogen (secondary N) is 1. The fraction of sp³-hybridized carbons (Fsp3) is 0.261. The summed E-state index contributed by atoms with van der Waals surface area (Å²) in [5.41, 5.74) is 4.45. The van der Waals surface area contributed by atoms with E-state index in [0.29, 0.717) is 19.7 Å². The van der Waals surface area contributed by atoms with E-state index in [0.717, 1.165) is 22.4 Å². The summed E-state index contributed by atoms with van der Waals surface area (Å²) < 4.78 is 5.74. The van der Waals surface area contributed by atoms with E-state index < -0.39 is 0 Å². The minimum absolute atomic E-state index is 0.0136. The first-order chi connectivity index (χ1) is 13.0. The molecule has 0 spiro atoms. The van der Waals surface area contributed by atoms with Gasteiger partial charge in [0.1, 0.15) is 12.4 Å². The third-order valence-electron chi connectivity index (χ3n) is 4.11. The van der Waals surface area contributed by atoms with E-state index in [-0.39, 0.29) is 5.91 Å². The molecule has 0 aromatic heterocycles. The molecule has 0 unspecified atom stereocenters. The first-order valence-electron chi connectivity index (χ1n) is 9.05. The monoisotopic (exact) mass is 364 g/mol. The Morgan fingerprint density at radius 1 is 1.07 bits per heavy atom. The van der Waals surface area contributed by atoms with Crippen LogP contribution >= 0.6 is 0 Å². The van der Waals surface area contributed by atoms with Gasteiger partial charge in [0.2, 0.25) is 5.91 Å². The highest BCUT2D eigenvalue weighted by Crippen LogP contribution is 2.23. The standard InChI is InChI=1S/C23H28N2O2/c1-18-7-9-20(10-8-18)19(2)21-11-13-22(14-12-21)27-17-16-24-15-5-6-23(26)25(3)4/h5-14,24H,2,15-17H2,1,3-4H3/b6-5+. The van der Waals surface area contributed by atoms with Crippen LogP contribution in [0.3, 0.4) is 0 Å². The lowest BCUT2D eigenvalue weighted by Crippen LogP contribution is -2.22. The molecule has 0 radical (unpaired) electrons. The number of hydrogen-bond acceptors (Lipinski definition) is 3. The summed E-state index contributed by atoms with van der Waals surface area (Å²) in [7, 11) is 3.46. The molecule has 2 rings (SSSR count). The molecule has 0 saturated carbocycles. The molecule has 2 aromatic carbocycles. The molecule has 1 amide bonds. The van der Waals surface area contributed by atoms with E-state index in [1.165, 1.54) is 10.5 Å². The van der Waals surface area contributed by atoms with Crippen LogP contribution in [0, 0.1) is 6.92 Å². The number of aryl methyl sites for hydroxylation is 1. The number of hydrogen-bond donors (Lipinski definition) is 1. The number of carbonyl (C=O) groups is 1. The van der Waals surface area contributed by atoms with Gasteiger partial charge in [0.05, 0.1) is 0 Å². The van der Waals surface area contributed by atoms with Crippen LogP contribution in [0.25, 0.3) is 5.57 Å². The van der Waals surface area contributed by atoms with Crippen molar-refractivity contribution in [2.75, 3.05) is 33.8 Å². The Balaban J connectivity index is 1.73. The lowest BCUT2D eigenvalue weighted by atomic mass is 9.99.